The van der Waals surface area contributed by atoms with Crippen molar-refractivity contribution < 1.29 is 13.9 Å². The number of nitrogens with one attached hydrogen (secondary N) is 1. The van der Waals surface area contributed by atoms with Crippen LogP contribution in [0.15, 0.2) is 18.2 Å². The van der Waals surface area contributed by atoms with E-state index in [2.05, 4.69) is 12.2 Å². The summed E-state index contributed by atoms with van der Waals surface area (Å²) in [6.07, 6.45) is 2.72. The molecule has 0 aromatic heterocycles. The molecule has 0 spiro atoms. The topological polar surface area (TPSA) is 30.5 Å². The highest BCUT2D eigenvalue weighted by atomic mass is 19.1. The smallest absolute Gasteiger partial charge is 0.131 e. The van der Waals surface area contributed by atoms with E-state index in [0.29, 0.717) is 17.9 Å². The molecular weight excluding hydrogens is 245 g/mol. The first-order valence-electron chi connectivity index (χ1n) is 6.79. The van der Waals surface area contributed by atoms with Crippen LogP contribution < -0.4 is 10.1 Å². The Hall–Kier alpha value is -1.13. The minimum absolute atomic E-state index is 0.0359. The summed E-state index contributed by atoms with van der Waals surface area (Å²) in [5, 5.41) is 3.38. The summed E-state index contributed by atoms with van der Waals surface area (Å²) in [6, 6.07) is 4.92. The minimum Gasteiger partial charge on any atom is -0.496 e. The lowest BCUT2D eigenvalue weighted by atomic mass is 10.00. The fraction of sp³-hybridized carbons (Fsp3) is 0.600. The molecule has 0 fully saturated rings. The Labute approximate surface area is 115 Å². The third-order valence-corrected chi connectivity index (χ3v) is 3.06. The van der Waals surface area contributed by atoms with E-state index in [9.17, 15) is 4.39 Å². The van der Waals surface area contributed by atoms with Crippen molar-refractivity contribution in [3.63, 3.8) is 0 Å². The highest BCUT2D eigenvalue weighted by Gasteiger charge is 2.19. The maximum atomic E-state index is 14.1. The van der Waals surface area contributed by atoms with Crippen LogP contribution in [0.25, 0.3) is 0 Å². The highest BCUT2D eigenvalue weighted by molar-refractivity contribution is 5.37. The summed E-state index contributed by atoms with van der Waals surface area (Å²) in [4.78, 5) is 0. The van der Waals surface area contributed by atoms with E-state index in [1.807, 2.05) is 0 Å². The van der Waals surface area contributed by atoms with E-state index in [1.165, 1.54) is 6.07 Å². The molecule has 1 unspecified atom stereocenters. The molecule has 0 aliphatic carbocycles. The van der Waals surface area contributed by atoms with Gasteiger partial charge in [-0.25, -0.2) is 4.39 Å². The Balaban J connectivity index is 2.88. The molecule has 3 nitrogen and oxygen atoms in total. The first-order valence-corrected chi connectivity index (χ1v) is 6.79. The maximum Gasteiger partial charge on any atom is 0.131 e. The zero-order valence-corrected chi connectivity index (χ0v) is 12.0. The third-order valence-electron chi connectivity index (χ3n) is 3.06. The predicted octanol–water partition coefficient (Wildman–Crippen LogP) is 3.30. The maximum absolute atomic E-state index is 14.1. The van der Waals surface area contributed by atoms with Gasteiger partial charge in [-0.3, -0.25) is 0 Å². The molecule has 4 heteroatoms. The number of rotatable bonds is 9. The fourth-order valence-corrected chi connectivity index (χ4v) is 2.13. The Morgan fingerprint density at radius 1 is 1.32 bits per heavy atom. The number of halogens is 1. The second-order valence-electron chi connectivity index (χ2n) is 4.50. The molecule has 1 atom stereocenters. The van der Waals surface area contributed by atoms with Crippen LogP contribution in [0.5, 0.6) is 5.75 Å². The van der Waals surface area contributed by atoms with Crippen LogP contribution in [0.2, 0.25) is 0 Å². The van der Waals surface area contributed by atoms with Crippen LogP contribution in [0.4, 0.5) is 4.39 Å². The van der Waals surface area contributed by atoms with E-state index in [-0.39, 0.29) is 11.9 Å². The standard InChI is InChI=1S/C15H24FNO2/c1-4-10-17-13(8-6-11-18-2)15-12(16)7-5-9-14(15)19-3/h5,7,9,13,17H,4,6,8,10-11H2,1-3H3. The molecule has 0 bridgehead atoms. The van der Waals surface area contributed by atoms with Crippen LogP contribution in [-0.2, 0) is 4.74 Å². The van der Waals surface area contributed by atoms with E-state index >= 15 is 0 Å². The molecule has 0 heterocycles. The Morgan fingerprint density at radius 2 is 2.11 bits per heavy atom. The number of hydrogen-bond acceptors (Lipinski definition) is 3. The molecule has 0 aliphatic rings. The van der Waals surface area contributed by atoms with Gasteiger partial charge in [-0.1, -0.05) is 13.0 Å². The van der Waals surface area contributed by atoms with E-state index in [1.54, 1.807) is 26.4 Å². The van der Waals surface area contributed by atoms with Crippen molar-refractivity contribution in [3.05, 3.63) is 29.6 Å². The Morgan fingerprint density at radius 3 is 2.74 bits per heavy atom. The number of benzene rings is 1. The van der Waals surface area contributed by atoms with Crippen LogP contribution >= 0.6 is 0 Å². The monoisotopic (exact) mass is 269 g/mol. The molecule has 0 radical (unpaired) electrons. The van der Waals surface area contributed by atoms with Crippen molar-refractivity contribution in [2.45, 2.75) is 32.2 Å². The second kappa shape index (κ2) is 8.88. The van der Waals surface area contributed by atoms with Gasteiger partial charge < -0.3 is 14.8 Å². The van der Waals surface area contributed by atoms with Crippen LogP contribution in [0, 0.1) is 5.82 Å². The first kappa shape index (κ1) is 15.9. The van der Waals surface area contributed by atoms with Gasteiger partial charge in [0.05, 0.1) is 7.11 Å². The average Bonchev–Trinajstić information content (AvgIpc) is 2.43. The molecular formula is C15H24FNO2. The zero-order valence-electron chi connectivity index (χ0n) is 12.0. The van der Waals surface area contributed by atoms with Crippen molar-refractivity contribution in [2.24, 2.45) is 0 Å². The largest absolute Gasteiger partial charge is 0.496 e. The lowest BCUT2D eigenvalue weighted by Gasteiger charge is -2.21. The van der Waals surface area contributed by atoms with E-state index < -0.39 is 0 Å². The zero-order chi connectivity index (χ0) is 14.1. The van der Waals surface area contributed by atoms with Gasteiger partial charge in [0.25, 0.3) is 0 Å². The molecule has 0 amide bonds. The van der Waals surface area contributed by atoms with E-state index in [4.69, 9.17) is 9.47 Å². The SMILES string of the molecule is CCCNC(CCCOC)c1c(F)cccc1OC. The normalized spacial score (nSPS) is 12.4. The predicted molar refractivity (Wildman–Crippen MR) is 75.1 cm³/mol. The molecule has 1 N–H and O–H groups in total. The summed E-state index contributed by atoms with van der Waals surface area (Å²) in [5.74, 6) is 0.386. The molecule has 19 heavy (non-hydrogen) atoms. The van der Waals surface area contributed by atoms with Crippen molar-refractivity contribution in [2.75, 3.05) is 27.4 Å². The molecule has 1 aromatic carbocycles. The molecule has 0 aliphatic heterocycles. The molecule has 0 saturated heterocycles. The summed E-state index contributed by atoms with van der Waals surface area (Å²) >= 11 is 0. The summed E-state index contributed by atoms with van der Waals surface area (Å²) in [7, 11) is 3.25. The van der Waals surface area contributed by atoms with Crippen molar-refractivity contribution in [3.8, 4) is 5.75 Å². The van der Waals surface area contributed by atoms with Gasteiger partial charge in [-0.2, -0.15) is 0 Å². The van der Waals surface area contributed by atoms with Gasteiger partial charge in [-0.15, -0.1) is 0 Å². The Kier molecular flexibility index (Phi) is 7.45. The number of ether oxygens (including phenoxy) is 2. The number of methoxy groups -OCH3 is 2. The van der Waals surface area contributed by atoms with Crippen LogP contribution in [0.3, 0.4) is 0 Å². The molecule has 1 aromatic rings. The lowest BCUT2D eigenvalue weighted by Crippen LogP contribution is -2.24. The molecule has 1 rings (SSSR count). The van der Waals surface area contributed by atoms with Crippen molar-refractivity contribution in [1.29, 1.82) is 0 Å². The summed E-state index contributed by atoms with van der Waals surface area (Å²) in [5.41, 5.74) is 0.620. The third kappa shape index (κ3) is 4.80. The van der Waals surface area contributed by atoms with Gasteiger partial charge in [0.1, 0.15) is 11.6 Å². The first-order chi connectivity index (χ1) is 9.24. The van der Waals surface area contributed by atoms with Crippen LogP contribution in [0.1, 0.15) is 37.8 Å². The van der Waals surface area contributed by atoms with Gasteiger partial charge >= 0.3 is 0 Å². The average molecular weight is 269 g/mol. The summed E-state index contributed by atoms with van der Waals surface area (Å²) in [6.45, 7) is 3.63. The number of hydrogen-bond donors (Lipinski definition) is 1. The minimum atomic E-state index is -0.217. The van der Waals surface area contributed by atoms with Gasteiger partial charge in [0.2, 0.25) is 0 Å². The van der Waals surface area contributed by atoms with Gasteiger partial charge in [0.15, 0.2) is 0 Å². The Bertz CT molecular complexity index is 371. The van der Waals surface area contributed by atoms with Crippen molar-refractivity contribution in [1.82, 2.24) is 5.32 Å². The highest BCUT2D eigenvalue weighted by Crippen LogP contribution is 2.30. The quantitative estimate of drug-likeness (QED) is 0.698. The molecule has 108 valence electrons. The summed E-state index contributed by atoms with van der Waals surface area (Å²) < 4.78 is 24.4. The van der Waals surface area contributed by atoms with Gasteiger partial charge in [0, 0.05) is 25.3 Å². The van der Waals surface area contributed by atoms with E-state index in [0.717, 1.165) is 25.8 Å². The second-order valence-corrected chi connectivity index (χ2v) is 4.50. The van der Waals surface area contributed by atoms with Crippen molar-refractivity contribution >= 4 is 0 Å². The lowest BCUT2D eigenvalue weighted by molar-refractivity contribution is 0.188. The van der Waals surface area contributed by atoms with Gasteiger partial charge in [-0.05, 0) is 37.9 Å². The fourth-order valence-electron chi connectivity index (χ4n) is 2.13. The van der Waals surface area contributed by atoms with Crippen LogP contribution in [-0.4, -0.2) is 27.4 Å². The molecule has 0 saturated carbocycles.